The molecule has 1 rings (SSSR count). The van der Waals surface area contributed by atoms with Crippen LogP contribution in [0.5, 0.6) is 0 Å². The first-order chi connectivity index (χ1) is 7.91. The molecule has 1 aliphatic rings. The Morgan fingerprint density at radius 1 is 1.12 bits per heavy atom. The third-order valence-corrected chi connectivity index (χ3v) is 4.34. The first-order valence-corrected chi connectivity index (χ1v) is 7.39. The van der Waals surface area contributed by atoms with Gasteiger partial charge in [-0.2, -0.15) is 0 Å². The van der Waals surface area contributed by atoms with E-state index in [0.717, 1.165) is 24.3 Å². The van der Waals surface area contributed by atoms with Crippen molar-refractivity contribution in [3.05, 3.63) is 0 Å². The van der Waals surface area contributed by atoms with Crippen LogP contribution in [0.25, 0.3) is 0 Å². The summed E-state index contributed by atoms with van der Waals surface area (Å²) in [6, 6.07) is 1.30. The van der Waals surface area contributed by atoms with Crippen molar-refractivity contribution in [1.29, 1.82) is 0 Å². The Balaban J connectivity index is 2.52. The fourth-order valence-corrected chi connectivity index (χ4v) is 2.74. The van der Waals surface area contributed by atoms with E-state index < -0.39 is 0 Å². The Bertz CT molecular complexity index is 213. The summed E-state index contributed by atoms with van der Waals surface area (Å²) in [6.07, 6.45) is 1.37. The second-order valence-corrected chi connectivity index (χ2v) is 6.61. The molecule has 102 valence electrons. The highest BCUT2D eigenvalue weighted by atomic mass is 15.2. The Labute approximate surface area is 108 Å². The Kier molecular flexibility index (Phi) is 5.94. The van der Waals surface area contributed by atoms with Crippen molar-refractivity contribution in [2.45, 2.75) is 60.0 Å². The standard InChI is InChI=1S/C15H32N2/c1-11(2)15(9-16-12(3)4)17-8-7-13(5)14(6)10-17/h11-16H,7-10H2,1-6H3. The molecule has 0 aliphatic carbocycles. The van der Waals surface area contributed by atoms with Crippen LogP contribution in [0.2, 0.25) is 0 Å². The van der Waals surface area contributed by atoms with E-state index in [1.807, 2.05) is 0 Å². The average Bonchev–Trinajstić information content (AvgIpc) is 2.22. The van der Waals surface area contributed by atoms with Crippen molar-refractivity contribution in [2.24, 2.45) is 17.8 Å². The van der Waals surface area contributed by atoms with Crippen LogP contribution in [0.15, 0.2) is 0 Å². The molecule has 0 saturated carbocycles. The summed E-state index contributed by atoms with van der Waals surface area (Å²) in [7, 11) is 0. The number of nitrogens with one attached hydrogen (secondary N) is 1. The highest BCUT2D eigenvalue weighted by Crippen LogP contribution is 2.25. The van der Waals surface area contributed by atoms with Crippen molar-refractivity contribution in [1.82, 2.24) is 10.2 Å². The van der Waals surface area contributed by atoms with Gasteiger partial charge in [0.1, 0.15) is 0 Å². The van der Waals surface area contributed by atoms with Crippen molar-refractivity contribution in [2.75, 3.05) is 19.6 Å². The van der Waals surface area contributed by atoms with E-state index in [-0.39, 0.29) is 0 Å². The third kappa shape index (κ3) is 4.59. The predicted molar refractivity (Wildman–Crippen MR) is 76.3 cm³/mol. The van der Waals surface area contributed by atoms with Gasteiger partial charge in [-0.05, 0) is 30.7 Å². The van der Waals surface area contributed by atoms with Gasteiger partial charge in [0.25, 0.3) is 0 Å². The number of likely N-dealkylation sites (tertiary alicyclic amines) is 1. The van der Waals surface area contributed by atoms with Gasteiger partial charge in [0.2, 0.25) is 0 Å². The average molecular weight is 240 g/mol. The van der Waals surface area contributed by atoms with Crippen LogP contribution < -0.4 is 5.32 Å². The van der Waals surface area contributed by atoms with Gasteiger partial charge in [-0.25, -0.2) is 0 Å². The Morgan fingerprint density at radius 3 is 2.24 bits per heavy atom. The van der Waals surface area contributed by atoms with Crippen LogP contribution in [0.1, 0.15) is 48.0 Å². The fourth-order valence-electron chi connectivity index (χ4n) is 2.74. The van der Waals surface area contributed by atoms with Crippen LogP contribution in [0.3, 0.4) is 0 Å². The summed E-state index contributed by atoms with van der Waals surface area (Å²) < 4.78 is 0. The molecule has 0 spiro atoms. The van der Waals surface area contributed by atoms with E-state index >= 15 is 0 Å². The number of piperidine rings is 1. The lowest BCUT2D eigenvalue weighted by atomic mass is 9.86. The molecular formula is C15H32N2. The summed E-state index contributed by atoms with van der Waals surface area (Å²) in [4.78, 5) is 2.71. The molecule has 1 N–H and O–H groups in total. The molecule has 1 aliphatic heterocycles. The third-order valence-electron chi connectivity index (χ3n) is 4.34. The maximum Gasteiger partial charge on any atom is 0.0243 e. The van der Waals surface area contributed by atoms with Crippen LogP contribution in [-0.2, 0) is 0 Å². The lowest BCUT2D eigenvalue weighted by molar-refractivity contribution is 0.0721. The van der Waals surface area contributed by atoms with Gasteiger partial charge < -0.3 is 5.32 Å². The summed E-state index contributed by atoms with van der Waals surface area (Å²) in [5, 5.41) is 3.61. The van der Waals surface area contributed by atoms with Crippen molar-refractivity contribution in [3.8, 4) is 0 Å². The van der Waals surface area contributed by atoms with Crippen LogP contribution in [0.4, 0.5) is 0 Å². The second-order valence-electron chi connectivity index (χ2n) is 6.61. The highest BCUT2D eigenvalue weighted by Gasteiger charge is 2.29. The molecule has 1 saturated heterocycles. The molecular weight excluding hydrogens is 208 g/mol. The molecule has 0 bridgehead atoms. The minimum absolute atomic E-state index is 0.595. The van der Waals surface area contributed by atoms with Gasteiger partial charge in [-0.3, -0.25) is 4.90 Å². The second kappa shape index (κ2) is 6.75. The van der Waals surface area contributed by atoms with Crippen molar-refractivity contribution >= 4 is 0 Å². The first-order valence-electron chi connectivity index (χ1n) is 7.39. The van der Waals surface area contributed by atoms with Crippen molar-refractivity contribution in [3.63, 3.8) is 0 Å². The summed E-state index contributed by atoms with van der Waals surface area (Å²) in [5.41, 5.74) is 0. The van der Waals surface area contributed by atoms with Gasteiger partial charge in [0.15, 0.2) is 0 Å². The molecule has 1 fully saturated rings. The van der Waals surface area contributed by atoms with E-state index in [1.54, 1.807) is 0 Å². The molecule has 0 radical (unpaired) electrons. The number of hydrogen-bond donors (Lipinski definition) is 1. The van der Waals surface area contributed by atoms with E-state index in [4.69, 9.17) is 0 Å². The van der Waals surface area contributed by atoms with Crippen molar-refractivity contribution < 1.29 is 0 Å². The smallest absolute Gasteiger partial charge is 0.0243 e. The predicted octanol–water partition coefficient (Wildman–Crippen LogP) is 2.99. The minimum Gasteiger partial charge on any atom is -0.313 e. The molecule has 3 atom stereocenters. The number of nitrogens with zero attached hydrogens (tertiary/aromatic N) is 1. The molecule has 2 heteroatoms. The Morgan fingerprint density at radius 2 is 1.76 bits per heavy atom. The van der Waals surface area contributed by atoms with Crippen LogP contribution >= 0.6 is 0 Å². The molecule has 1 heterocycles. The topological polar surface area (TPSA) is 15.3 Å². The van der Waals surface area contributed by atoms with Gasteiger partial charge in [0, 0.05) is 25.2 Å². The quantitative estimate of drug-likeness (QED) is 0.795. The molecule has 2 nitrogen and oxygen atoms in total. The SMILES string of the molecule is CC(C)NCC(C(C)C)N1CCC(C)C(C)C1. The maximum atomic E-state index is 3.61. The van der Waals surface area contributed by atoms with E-state index in [1.165, 1.54) is 19.5 Å². The monoisotopic (exact) mass is 240 g/mol. The highest BCUT2D eigenvalue weighted by molar-refractivity contribution is 4.84. The van der Waals surface area contributed by atoms with Crippen LogP contribution in [-0.4, -0.2) is 36.6 Å². The van der Waals surface area contributed by atoms with Gasteiger partial charge in [-0.15, -0.1) is 0 Å². The van der Waals surface area contributed by atoms with Gasteiger partial charge in [0.05, 0.1) is 0 Å². The zero-order valence-electron chi connectivity index (χ0n) is 12.7. The molecule has 17 heavy (non-hydrogen) atoms. The molecule has 0 aromatic carbocycles. The number of rotatable bonds is 5. The summed E-state index contributed by atoms with van der Waals surface area (Å²) in [5.74, 6) is 2.49. The molecule has 3 unspecified atom stereocenters. The Hall–Kier alpha value is -0.0800. The normalized spacial score (nSPS) is 28.9. The molecule has 0 aromatic rings. The van der Waals surface area contributed by atoms with Gasteiger partial charge >= 0.3 is 0 Å². The van der Waals surface area contributed by atoms with E-state index in [0.29, 0.717) is 12.1 Å². The zero-order valence-corrected chi connectivity index (χ0v) is 12.7. The fraction of sp³-hybridized carbons (Fsp3) is 1.00. The maximum absolute atomic E-state index is 3.61. The number of hydrogen-bond acceptors (Lipinski definition) is 2. The summed E-state index contributed by atoms with van der Waals surface area (Å²) in [6.45, 7) is 17.7. The lowest BCUT2D eigenvalue weighted by Gasteiger charge is -2.42. The zero-order chi connectivity index (χ0) is 13.0. The minimum atomic E-state index is 0.595. The first kappa shape index (κ1) is 15.0. The van der Waals surface area contributed by atoms with Crippen LogP contribution in [0, 0.1) is 17.8 Å². The summed E-state index contributed by atoms with van der Waals surface area (Å²) >= 11 is 0. The molecule has 0 amide bonds. The van der Waals surface area contributed by atoms with E-state index in [9.17, 15) is 0 Å². The van der Waals surface area contributed by atoms with Gasteiger partial charge in [-0.1, -0.05) is 41.5 Å². The van der Waals surface area contributed by atoms with E-state index in [2.05, 4.69) is 51.8 Å². The molecule has 0 aromatic heterocycles. The lowest BCUT2D eigenvalue weighted by Crippen LogP contribution is -2.51. The largest absolute Gasteiger partial charge is 0.313 e.